The zero-order valence-electron chi connectivity index (χ0n) is 16.9. The minimum Gasteiger partial charge on any atom is -0.339 e. The summed E-state index contributed by atoms with van der Waals surface area (Å²) in [5.74, 6) is -0.435. The Hall–Kier alpha value is -2.21. The van der Waals surface area contributed by atoms with Crippen LogP contribution in [0.15, 0.2) is 18.2 Å². The van der Waals surface area contributed by atoms with Gasteiger partial charge in [0.05, 0.1) is 11.1 Å². The molecule has 0 bridgehead atoms. The number of fused-ring (bicyclic) bond motifs is 1. The third-order valence-electron chi connectivity index (χ3n) is 7.55. The second-order valence-corrected chi connectivity index (χ2v) is 9.25. The SMILES string of the molecule is O=C(c1ccc2c(c1)C(=O)N(C1CCCCC1)C2=O)N1CCC2(CCNC2)CC1. The van der Waals surface area contributed by atoms with E-state index < -0.39 is 0 Å². The summed E-state index contributed by atoms with van der Waals surface area (Å²) < 4.78 is 0. The molecule has 0 unspecified atom stereocenters. The number of benzene rings is 1. The lowest BCUT2D eigenvalue weighted by molar-refractivity contribution is 0.0548. The van der Waals surface area contributed by atoms with Crippen molar-refractivity contribution in [3.05, 3.63) is 34.9 Å². The lowest BCUT2D eigenvalue weighted by Gasteiger charge is -2.38. The minimum atomic E-state index is -0.221. The molecule has 3 fully saturated rings. The maximum Gasteiger partial charge on any atom is 0.261 e. The standard InChI is InChI=1S/C23H29N3O3/c27-20(25-12-9-23(10-13-25)8-11-24-15-23)16-6-7-18-19(14-16)22(29)26(21(18)28)17-4-2-1-3-5-17/h6-7,14,17,24H,1-5,8-13,15H2. The molecule has 0 atom stereocenters. The molecule has 3 aliphatic heterocycles. The van der Waals surface area contributed by atoms with E-state index >= 15 is 0 Å². The number of amides is 3. The van der Waals surface area contributed by atoms with Gasteiger partial charge in [0, 0.05) is 31.2 Å². The van der Waals surface area contributed by atoms with Crippen LogP contribution >= 0.6 is 0 Å². The topological polar surface area (TPSA) is 69.7 Å². The number of piperidine rings is 1. The van der Waals surface area contributed by atoms with E-state index in [-0.39, 0.29) is 23.8 Å². The van der Waals surface area contributed by atoms with E-state index in [0.717, 1.165) is 64.7 Å². The first-order chi connectivity index (χ1) is 14.1. The maximum absolute atomic E-state index is 13.1. The Bertz CT molecular complexity index is 843. The first kappa shape index (κ1) is 18.8. The van der Waals surface area contributed by atoms with Gasteiger partial charge in [-0.3, -0.25) is 19.3 Å². The molecule has 6 heteroatoms. The highest BCUT2D eigenvalue weighted by Gasteiger charge is 2.41. The Morgan fingerprint density at radius 3 is 2.38 bits per heavy atom. The Morgan fingerprint density at radius 2 is 1.69 bits per heavy atom. The van der Waals surface area contributed by atoms with Crippen LogP contribution in [0.4, 0.5) is 0 Å². The van der Waals surface area contributed by atoms with Crippen molar-refractivity contribution < 1.29 is 14.4 Å². The van der Waals surface area contributed by atoms with Crippen LogP contribution in [0.25, 0.3) is 0 Å². The second kappa shape index (κ2) is 7.24. The van der Waals surface area contributed by atoms with Gasteiger partial charge in [0.25, 0.3) is 17.7 Å². The van der Waals surface area contributed by atoms with E-state index in [2.05, 4.69) is 5.32 Å². The highest BCUT2D eigenvalue weighted by atomic mass is 16.2. The van der Waals surface area contributed by atoms with Crippen molar-refractivity contribution >= 4 is 17.7 Å². The fraction of sp³-hybridized carbons (Fsp3) is 0.609. The molecule has 6 nitrogen and oxygen atoms in total. The Kier molecular flexibility index (Phi) is 4.69. The molecular weight excluding hydrogens is 366 g/mol. The molecule has 1 saturated carbocycles. The molecule has 5 rings (SSSR count). The summed E-state index contributed by atoms with van der Waals surface area (Å²) in [6.07, 6.45) is 8.34. The number of imide groups is 1. The smallest absolute Gasteiger partial charge is 0.261 e. The van der Waals surface area contributed by atoms with Crippen molar-refractivity contribution in [1.82, 2.24) is 15.1 Å². The number of carbonyl (C=O) groups excluding carboxylic acids is 3. The number of hydrogen-bond donors (Lipinski definition) is 1. The van der Waals surface area contributed by atoms with Crippen molar-refractivity contribution in [3.63, 3.8) is 0 Å². The Morgan fingerprint density at radius 1 is 0.966 bits per heavy atom. The Balaban J connectivity index is 1.33. The summed E-state index contributed by atoms with van der Waals surface area (Å²) in [7, 11) is 0. The van der Waals surface area contributed by atoms with Gasteiger partial charge in [0.1, 0.15) is 0 Å². The lowest BCUT2D eigenvalue weighted by atomic mass is 9.78. The number of hydrogen-bond acceptors (Lipinski definition) is 4. The zero-order chi connectivity index (χ0) is 20.0. The molecule has 2 saturated heterocycles. The van der Waals surface area contributed by atoms with Crippen LogP contribution in [0.5, 0.6) is 0 Å². The average molecular weight is 396 g/mol. The summed E-state index contributed by atoms with van der Waals surface area (Å²) >= 11 is 0. The van der Waals surface area contributed by atoms with Gasteiger partial charge in [-0.15, -0.1) is 0 Å². The maximum atomic E-state index is 13.1. The first-order valence-corrected chi connectivity index (χ1v) is 11.1. The second-order valence-electron chi connectivity index (χ2n) is 9.25. The number of nitrogens with one attached hydrogen (secondary N) is 1. The summed E-state index contributed by atoms with van der Waals surface area (Å²) in [6, 6.07) is 5.06. The molecule has 0 aromatic heterocycles. The molecule has 3 amide bonds. The van der Waals surface area contributed by atoms with E-state index in [4.69, 9.17) is 0 Å². The summed E-state index contributed by atoms with van der Waals surface area (Å²) in [5, 5.41) is 3.45. The lowest BCUT2D eigenvalue weighted by Crippen LogP contribution is -2.44. The van der Waals surface area contributed by atoms with E-state index in [1.54, 1.807) is 18.2 Å². The number of carbonyl (C=O) groups is 3. The van der Waals surface area contributed by atoms with Gasteiger partial charge >= 0.3 is 0 Å². The largest absolute Gasteiger partial charge is 0.339 e. The molecular formula is C23H29N3O3. The monoisotopic (exact) mass is 395 g/mol. The van der Waals surface area contributed by atoms with Crippen molar-refractivity contribution in [2.24, 2.45) is 5.41 Å². The third kappa shape index (κ3) is 3.18. The van der Waals surface area contributed by atoms with E-state index in [1.165, 1.54) is 17.7 Å². The van der Waals surface area contributed by atoms with Crippen molar-refractivity contribution in [2.45, 2.75) is 57.4 Å². The zero-order valence-corrected chi connectivity index (χ0v) is 16.9. The molecule has 1 aliphatic carbocycles. The predicted octanol–water partition coefficient (Wildman–Crippen LogP) is 2.83. The van der Waals surface area contributed by atoms with Crippen LogP contribution in [0.2, 0.25) is 0 Å². The van der Waals surface area contributed by atoms with E-state index in [9.17, 15) is 14.4 Å². The van der Waals surface area contributed by atoms with Crippen LogP contribution in [-0.2, 0) is 0 Å². The quantitative estimate of drug-likeness (QED) is 0.782. The summed E-state index contributed by atoms with van der Waals surface area (Å²) in [6.45, 7) is 3.66. The highest BCUT2D eigenvalue weighted by molar-refractivity contribution is 6.22. The molecule has 154 valence electrons. The fourth-order valence-electron chi connectivity index (χ4n) is 5.65. The Labute approximate surface area is 171 Å². The van der Waals surface area contributed by atoms with Crippen LogP contribution in [0.3, 0.4) is 0 Å². The average Bonchev–Trinajstić information content (AvgIpc) is 3.31. The van der Waals surface area contributed by atoms with Crippen molar-refractivity contribution in [2.75, 3.05) is 26.2 Å². The van der Waals surface area contributed by atoms with Gasteiger partial charge in [0.2, 0.25) is 0 Å². The number of likely N-dealkylation sites (tertiary alicyclic amines) is 1. The fourth-order valence-corrected chi connectivity index (χ4v) is 5.65. The van der Waals surface area contributed by atoms with Crippen molar-refractivity contribution in [1.29, 1.82) is 0 Å². The van der Waals surface area contributed by atoms with E-state index in [1.807, 2.05) is 4.90 Å². The molecule has 1 N–H and O–H groups in total. The van der Waals surface area contributed by atoms with Crippen LogP contribution in [0.1, 0.15) is 82.4 Å². The molecule has 1 aromatic rings. The molecule has 3 heterocycles. The van der Waals surface area contributed by atoms with Crippen molar-refractivity contribution in [3.8, 4) is 0 Å². The minimum absolute atomic E-state index is 0.00797. The first-order valence-electron chi connectivity index (χ1n) is 11.1. The van der Waals surface area contributed by atoms with E-state index in [0.29, 0.717) is 22.1 Å². The van der Waals surface area contributed by atoms with Gasteiger partial charge in [-0.05, 0) is 62.3 Å². The molecule has 4 aliphatic rings. The molecule has 1 aromatic carbocycles. The predicted molar refractivity (Wildman–Crippen MR) is 109 cm³/mol. The summed E-state index contributed by atoms with van der Waals surface area (Å²) in [4.78, 5) is 42.3. The van der Waals surface area contributed by atoms with Gasteiger partial charge < -0.3 is 10.2 Å². The van der Waals surface area contributed by atoms with Gasteiger partial charge in [0.15, 0.2) is 0 Å². The van der Waals surface area contributed by atoms with Gasteiger partial charge in [-0.1, -0.05) is 19.3 Å². The van der Waals surface area contributed by atoms with Crippen LogP contribution in [-0.4, -0.2) is 59.7 Å². The third-order valence-corrected chi connectivity index (χ3v) is 7.55. The van der Waals surface area contributed by atoms with Crippen LogP contribution < -0.4 is 5.32 Å². The molecule has 29 heavy (non-hydrogen) atoms. The molecule has 0 radical (unpaired) electrons. The highest BCUT2D eigenvalue weighted by Crippen LogP contribution is 2.37. The normalized spacial score (nSPS) is 24.4. The van der Waals surface area contributed by atoms with Crippen LogP contribution in [0, 0.1) is 5.41 Å². The number of nitrogens with zero attached hydrogens (tertiary/aromatic N) is 2. The van der Waals surface area contributed by atoms with Gasteiger partial charge in [-0.25, -0.2) is 0 Å². The number of rotatable bonds is 2. The summed E-state index contributed by atoms with van der Waals surface area (Å²) in [5.41, 5.74) is 1.74. The van der Waals surface area contributed by atoms with Gasteiger partial charge in [-0.2, -0.15) is 0 Å². The molecule has 1 spiro atoms.